The predicted molar refractivity (Wildman–Crippen MR) is 120 cm³/mol. The minimum atomic E-state index is -4.36. The summed E-state index contributed by atoms with van der Waals surface area (Å²) in [5.74, 6) is 0.0208. The Morgan fingerprint density at radius 2 is 1.70 bits per heavy atom. The van der Waals surface area contributed by atoms with Crippen LogP contribution < -0.4 is 10.5 Å². The molecule has 1 aliphatic heterocycles. The van der Waals surface area contributed by atoms with Crippen LogP contribution in [-0.2, 0) is 12.7 Å². The van der Waals surface area contributed by atoms with Crippen LogP contribution in [0.3, 0.4) is 0 Å². The zero-order chi connectivity index (χ0) is 24.2. The number of aliphatic hydroxyl groups excluding tert-OH is 1. The van der Waals surface area contributed by atoms with Gasteiger partial charge in [0.2, 0.25) is 0 Å². The molecule has 0 atom stereocenters. The normalized spacial score (nSPS) is 14.9. The van der Waals surface area contributed by atoms with E-state index in [9.17, 15) is 23.1 Å². The second-order valence-corrected chi connectivity index (χ2v) is 8.18. The lowest BCUT2D eigenvalue weighted by Crippen LogP contribution is -2.46. The highest BCUT2D eigenvalue weighted by Crippen LogP contribution is 2.32. The van der Waals surface area contributed by atoms with E-state index in [2.05, 4.69) is 4.90 Å². The van der Waals surface area contributed by atoms with Crippen molar-refractivity contribution in [3.8, 4) is 5.75 Å². The fourth-order valence-corrected chi connectivity index (χ4v) is 3.63. The first kappa shape index (κ1) is 24.6. The highest BCUT2D eigenvalue weighted by Gasteiger charge is 2.31. The minimum Gasteiger partial charge on any atom is -0.508 e. The standard InChI is InChI=1S/C21H19F3N2O3.C3H8O/c22-21(23,24)15-2-1-3-16(11-15)26-8-6-25(7-9-26)13-14-10-20(28)29-19-12-17(27)4-5-18(14)19;1-3(2)4/h1-5,10-12,27H,6-9,13H2;3-4H,1-2H3. The summed E-state index contributed by atoms with van der Waals surface area (Å²) in [6.07, 6.45) is -4.53. The molecule has 0 aliphatic carbocycles. The van der Waals surface area contributed by atoms with Gasteiger partial charge in [0.25, 0.3) is 0 Å². The van der Waals surface area contributed by atoms with Crippen LogP contribution in [0.2, 0.25) is 0 Å². The van der Waals surface area contributed by atoms with E-state index in [1.807, 2.05) is 4.90 Å². The van der Waals surface area contributed by atoms with E-state index in [0.717, 1.165) is 17.0 Å². The van der Waals surface area contributed by atoms with Gasteiger partial charge in [-0.2, -0.15) is 13.2 Å². The van der Waals surface area contributed by atoms with Crippen LogP contribution in [0.1, 0.15) is 25.0 Å². The van der Waals surface area contributed by atoms with Gasteiger partial charge < -0.3 is 19.5 Å². The Balaban J connectivity index is 0.000000709. The number of phenolic OH excluding ortho intramolecular Hbond substituents is 1. The molecular formula is C24H27F3N2O4. The molecule has 178 valence electrons. The van der Waals surface area contributed by atoms with E-state index < -0.39 is 17.4 Å². The molecule has 33 heavy (non-hydrogen) atoms. The number of hydrogen-bond donors (Lipinski definition) is 2. The topological polar surface area (TPSA) is 77.2 Å². The molecule has 1 aliphatic rings. The summed E-state index contributed by atoms with van der Waals surface area (Å²) in [6.45, 7) is 6.43. The molecular weight excluding hydrogens is 437 g/mol. The molecule has 1 saturated heterocycles. The Bertz CT molecular complexity index is 1130. The average molecular weight is 464 g/mol. The van der Waals surface area contributed by atoms with Gasteiger partial charge in [0.05, 0.1) is 5.56 Å². The van der Waals surface area contributed by atoms with Gasteiger partial charge >= 0.3 is 11.8 Å². The van der Waals surface area contributed by atoms with Crippen LogP contribution in [0.25, 0.3) is 11.0 Å². The number of aromatic hydroxyl groups is 1. The van der Waals surface area contributed by atoms with Crippen molar-refractivity contribution in [3.63, 3.8) is 0 Å². The second kappa shape index (κ2) is 10.3. The van der Waals surface area contributed by atoms with E-state index in [1.54, 1.807) is 26.0 Å². The summed E-state index contributed by atoms with van der Waals surface area (Å²) < 4.78 is 44.0. The van der Waals surface area contributed by atoms with Crippen molar-refractivity contribution in [2.24, 2.45) is 0 Å². The van der Waals surface area contributed by atoms with Crippen molar-refractivity contribution in [3.05, 3.63) is 70.1 Å². The van der Waals surface area contributed by atoms with Crippen LogP contribution in [-0.4, -0.2) is 47.4 Å². The zero-order valence-electron chi connectivity index (χ0n) is 18.5. The van der Waals surface area contributed by atoms with Crippen molar-refractivity contribution in [1.82, 2.24) is 4.90 Å². The van der Waals surface area contributed by atoms with Crippen LogP contribution >= 0.6 is 0 Å². The van der Waals surface area contributed by atoms with Gasteiger partial charge in [-0.05, 0) is 49.7 Å². The average Bonchev–Trinajstić information content (AvgIpc) is 2.73. The lowest BCUT2D eigenvalue weighted by molar-refractivity contribution is -0.137. The molecule has 0 amide bonds. The number of alkyl halides is 3. The number of aliphatic hydroxyl groups is 1. The first-order chi connectivity index (χ1) is 15.5. The summed E-state index contributed by atoms with van der Waals surface area (Å²) in [5, 5.41) is 18.4. The molecule has 2 N–H and O–H groups in total. The molecule has 4 rings (SSSR count). The van der Waals surface area contributed by atoms with Crippen molar-refractivity contribution in [2.75, 3.05) is 31.1 Å². The molecule has 9 heteroatoms. The molecule has 1 fully saturated rings. The number of benzene rings is 2. The van der Waals surface area contributed by atoms with Gasteiger partial charge in [-0.25, -0.2) is 4.79 Å². The summed E-state index contributed by atoms with van der Waals surface area (Å²) in [7, 11) is 0. The number of anilines is 1. The van der Waals surface area contributed by atoms with E-state index in [4.69, 9.17) is 9.52 Å². The Morgan fingerprint density at radius 1 is 1.03 bits per heavy atom. The zero-order valence-corrected chi connectivity index (χ0v) is 18.5. The molecule has 0 radical (unpaired) electrons. The third kappa shape index (κ3) is 6.72. The molecule has 0 saturated carbocycles. The predicted octanol–water partition coefficient (Wildman–Crippen LogP) is 4.23. The number of hydrogen-bond acceptors (Lipinski definition) is 6. The van der Waals surface area contributed by atoms with E-state index in [0.29, 0.717) is 44.0 Å². The fraction of sp³-hybridized carbons (Fsp3) is 0.375. The van der Waals surface area contributed by atoms with E-state index in [-0.39, 0.29) is 11.9 Å². The maximum Gasteiger partial charge on any atom is 0.416 e. The van der Waals surface area contributed by atoms with Gasteiger partial charge in [0.1, 0.15) is 11.3 Å². The number of fused-ring (bicyclic) bond motifs is 1. The lowest BCUT2D eigenvalue weighted by atomic mass is 10.1. The van der Waals surface area contributed by atoms with Crippen LogP contribution in [0.5, 0.6) is 5.75 Å². The van der Waals surface area contributed by atoms with Crippen molar-refractivity contribution >= 4 is 16.7 Å². The van der Waals surface area contributed by atoms with Crippen LogP contribution in [0.4, 0.5) is 18.9 Å². The van der Waals surface area contributed by atoms with Crippen molar-refractivity contribution < 1.29 is 27.8 Å². The third-order valence-corrected chi connectivity index (χ3v) is 5.12. The number of halogens is 3. The first-order valence-electron chi connectivity index (χ1n) is 10.6. The van der Waals surface area contributed by atoms with E-state index >= 15 is 0 Å². The molecule has 3 aromatic rings. The highest BCUT2D eigenvalue weighted by molar-refractivity contribution is 5.81. The molecule has 1 aromatic heterocycles. The Kier molecular flexibility index (Phi) is 7.65. The summed E-state index contributed by atoms with van der Waals surface area (Å²) >= 11 is 0. The summed E-state index contributed by atoms with van der Waals surface area (Å²) in [6, 6.07) is 11.5. The van der Waals surface area contributed by atoms with Gasteiger partial charge in [-0.1, -0.05) is 6.07 Å². The molecule has 0 unspecified atom stereocenters. The fourth-order valence-electron chi connectivity index (χ4n) is 3.63. The number of rotatable bonds is 3. The van der Waals surface area contributed by atoms with Crippen LogP contribution in [0.15, 0.2) is 57.7 Å². The maximum atomic E-state index is 12.9. The first-order valence-corrected chi connectivity index (χ1v) is 10.6. The van der Waals surface area contributed by atoms with Crippen molar-refractivity contribution in [1.29, 1.82) is 0 Å². The van der Waals surface area contributed by atoms with E-state index in [1.165, 1.54) is 30.3 Å². The second-order valence-electron chi connectivity index (χ2n) is 8.18. The van der Waals surface area contributed by atoms with Gasteiger partial charge in [0.15, 0.2) is 0 Å². The largest absolute Gasteiger partial charge is 0.508 e. The Hall–Kier alpha value is -3.04. The Labute approximate surface area is 189 Å². The number of phenols is 1. The maximum absolute atomic E-state index is 12.9. The molecule has 2 aromatic carbocycles. The van der Waals surface area contributed by atoms with Gasteiger partial charge in [0, 0.05) is 62.0 Å². The third-order valence-electron chi connectivity index (χ3n) is 5.12. The lowest BCUT2D eigenvalue weighted by Gasteiger charge is -2.36. The number of nitrogens with zero attached hydrogens (tertiary/aromatic N) is 2. The van der Waals surface area contributed by atoms with Gasteiger partial charge in [-0.15, -0.1) is 0 Å². The quantitative estimate of drug-likeness (QED) is 0.565. The summed E-state index contributed by atoms with van der Waals surface area (Å²) in [4.78, 5) is 15.9. The highest BCUT2D eigenvalue weighted by atomic mass is 19.4. The SMILES string of the molecule is CC(C)O.O=c1cc(CN2CCN(c3cccc(C(F)(F)F)c3)CC2)c2ccc(O)cc2o1. The number of piperazine rings is 1. The smallest absolute Gasteiger partial charge is 0.416 e. The van der Waals surface area contributed by atoms with Crippen molar-refractivity contribution in [2.45, 2.75) is 32.7 Å². The molecule has 0 spiro atoms. The molecule has 6 nitrogen and oxygen atoms in total. The Morgan fingerprint density at radius 3 is 2.33 bits per heavy atom. The monoisotopic (exact) mass is 464 g/mol. The van der Waals surface area contributed by atoms with Crippen LogP contribution in [0, 0.1) is 0 Å². The molecule has 2 heterocycles. The summed E-state index contributed by atoms with van der Waals surface area (Å²) in [5.41, 5.74) is 0.545. The molecule has 0 bridgehead atoms. The minimum absolute atomic E-state index is 0.0208. The van der Waals surface area contributed by atoms with Gasteiger partial charge in [-0.3, -0.25) is 4.90 Å².